The number of aliphatic hydroxyl groups is 1. The van der Waals surface area contributed by atoms with Gasteiger partial charge in [-0.1, -0.05) is 45.8 Å². The van der Waals surface area contributed by atoms with Gasteiger partial charge in [-0.2, -0.15) is 0 Å². The Morgan fingerprint density at radius 2 is 1.68 bits per heavy atom. The molecule has 0 aromatic heterocycles. The quantitative estimate of drug-likeness (QED) is 0.405. The molecule has 0 fully saturated rings. The van der Waals surface area contributed by atoms with E-state index in [0.717, 1.165) is 53.2 Å². The third-order valence-corrected chi connectivity index (χ3v) is 4.98. The number of benzene rings is 2. The molecular formula is C22H31BrN2O3. The zero-order valence-electron chi connectivity index (χ0n) is 16.8. The second-order valence-corrected chi connectivity index (χ2v) is 7.46. The summed E-state index contributed by atoms with van der Waals surface area (Å²) in [5.74, 6) is 1.51. The predicted molar refractivity (Wildman–Crippen MR) is 117 cm³/mol. The molecule has 0 radical (unpaired) electrons. The second-order valence-electron chi connectivity index (χ2n) is 6.60. The average Bonchev–Trinajstić information content (AvgIpc) is 2.69. The molecular weight excluding hydrogens is 420 g/mol. The highest BCUT2D eigenvalue weighted by Gasteiger charge is 2.11. The number of halogens is 1. The molecule has 0 saturated carbocycles. The van der Waals surface area contributed by atoms with Crippen LogP contribution in [0.2, 0.25) is 0 Å². The number of hydrogen-bond donors (Lipinski definition) is 3. The lowest BCUT2D eigenvalue weighted by molar-refractivity contribution is 0.269. The van der Waals surface area contributed by atoms with E-state index >= 15 is 0 Å². The van der Waals surface area contributed by atoms with Crippen molar-refractivity contribution in [2.75, 3.05) is 32.8 Å². The fraction of sp³-hybridized carbons (Fsp3) is 0.455. The third kappa shape index (κ3) is 7.80. The molecule has 5 nitrogen and oxygen atoms in total. The molecule has 28 heavy (non-hydrogen) atoms. The van der Waals surface area contributed by atoms with Crippen molar-refractivity contribution < 1.29 is 14.6 Å². The van der Waals surface area contributed by atoms with Crippen LogP contribution in [0.5, 0.6) is 11.5 Å². The molecule has 0 heterocycles. The minimum atomic E-state index is 0.179. The van der Waals surface area contributed by atoms with Crippen LogP contribution in [0.4, 0.5) is 0 Å². The molecule has 154 valence electrons. The van der Waals surface area contributed by atoms with Crippen LogP contribution in [0.1, 0.15) is 30.0 Å². The van der Waals surface area contributed by atoms with Gasteiger partial charge in [0, 0.05) is 17.6 Å². The first kappa shape index (κ1) is 22.7. The first-order chi connectivity index (χ1) is 13.6. The smallest absolute Gasteiger partial charge is 0.162 e. The maximum atomic E-state index is 8.75. The lowest BCUT2D eigenvalue weighted by Gasteiger charge is -2.16. The summed E-state index contributed by atoms with van der Waals surface area (Å²) in [5, 5.41) is 15.4. The van der Waals surface area contributed by atoms with Crippen LogP contribution in [-0.4, -0.2) is 38.0 Å². The highest BCUT2D eigenvalue weighted by Crippen LogP contribution is 2.34. The van der Waals surface area contributed by atoms with Gasteiger partial charge in [-0.05, 0) is 56.6 Å². The number of aliphatic hydroxyl groups excluding tert-OH is 1. The normalized spacial score (nSPS) is 10.9. The summed E-state index contributed by atoms with van der Waals surface area (Å²) < 4.78 is 12.8. The fourth-order valence-electron chi connectivity index (χ4n) is 2.70. The lowest BCUT2D eigenvalue weighted by Crippen LogP contribution is -2.24. The maximum Gasteiger partial charge on any atom is 0.162 e. The summed E-state index contributed by atoms with van der Waals surface area (Å²) >= 11 is 3.66. The summed E-state index contributed by atoms with van der Waals surface area (Å²) in [7, 11) is 0. The SMILES string of the molecule is CCOc1cc(CNCCCNCCO)c(Br)cc1OCc1ccc(C)cc1. The van der Waals surface area contributed by atoms with Gasteiger partial charge in [-0.15, -0.1) is 0 Å². The molecule has 2 aromatic carbocycles. The van der Waals surface area contributed by atoms with Gasteiger partial charge < -0.3 is 25.2 Å². The monoisotopic (exact) mass is 450 g/mol. The summed E-state index contributed by atoms with van der Waals surface area (Å²) in [6, 6.07) is 12.4. The van der Waals surface area contributed by atoms with Crippen molar-refractivity contribution in [3.63, 3.8) is 0 Å². The summed E-state index contributed by atoms with van der Waals surface area (Å²) in [5.41, 5.74) is 3.50. The van der Waals surface area contributed by atoms with Gasteiger partial charge >= 0.3 is 0 Å². The average molecular weight is 451 g/mol. The molecule has 0 atom stereocenters. The fourth-order valence-corrected chi connectivity index (χ4v) is 3.17. The van der Waals surface area contributed by atoms with Crippen molar-refractivity contribution in [3.05, 3.63) is 57.6 Å². The minimum Gasteiger partial charge on any atom is -0.490 e. The zero-order chi connectivity index (χ0) is 20.2. The highest BCUT2D eigenvalue weighted by atomic mass is 79.9. The third-order valence-electron chi connectivity index (χ3n) is 4.24. The Labute approximate surface area is 176 Å². The Bertz CT molecular complexity index is 708. The van der Waals surface area contributed by atoms with E-state index in [-0.39, 0.29) is 6.61 Å². The van der Waals surface area contributed by atoms with Gasteiger partial charge in [0.1, 0.15) is 6.61 Å². The number of nitrogens with one attached hydrogen (secondary N) is 2. The molecule has 6 heteroatoms. The van der Waals surface area contributed by atoms with Crippen LogP contribution in [0.15, 0.2) is 40.9 Å². The van der Waals surface area contributed by atoms with Crippen LogP contribution in [-0.2, 0) is 13.2 Å². The van der Waals surface area contributed by atoms with Gasteiger partial charge in [0.05, 0.1) is 13.2 Å². The van der Waals surface area contributed by atoms with E-state index in [1.54, 1.807) is 0 Å². The van der Waals surface area contributed by atoms with E-state index in [1.807, 2.05) is 19.1 Å². The number of ether oxygens (including phenoxy) is 2. The van der Waals surface area contributed by atoms with Crippen LogP contribution in [0.3, 0.4) is 0 Å². The molecule has 0 unspecified atom stereocenters. The molecule has 0 aliphatic heterocycles. The van der Waals surface area contributed by atoms with E-state index in [1.165, 1.54) is 5.56 Å². The minimum absolute atomic E-state index is 0.179. The molecule has 0 amide bonds. The van der Waals surface area contributed by atoms with E-state index in [0.29, 0.717) is 19.8 Å². The van der Waals surface area contributed by atoms with Gasteiger partial charge in [-0.25, -0.2) is 0 Å². The van der Waals surface area contributed by atoms with Gasteiger partial charge in [0.2, 0.25) is 0 Å². The molecule has 0 aliphatic rings. The van der Waals surface area contributed by atoms with Gasteiger partial charge in [-0.3, -0.25) is 0 Å². The van der Waals surface area contributed by atoms with E-state index < -0.39 is 0 Å². The standard InChI is InChI=1S/C22H31BrN2O3/c1-3-27-21-13-19(15-25-10-4-9-24-11-12-26)20(23)14-22(21)28-16-18-7-5-17(2)6-8-18/h5-8,13-14,24-26H,3-4,9-12,15-16H2,1-2H3. The number of aryl methyl sites for hydroxylation is 1. The lowest BCUT2D eigenvalue weighted by atomic mass is 10.1. The number of hydrogen-bond acceptors (Lipinski definition) is 5. The predicted octanol–water partition coefficient (Wildman–Crippen LogP) is 3.80. The Balaban J connectivity index is 1.93. The Morgan fingerprint density at radius 1 is 0.964 bits per heavy atom. The topological polar surface area (TPSA) is 62.8 Å². The summed E-state index contributed by atoms with van der Waals surface area (Å²) in [4.78, 5) is 0. The first-order valence-electron chi connectivity index (χ1n) is 9.80. The Kier molecular flexibility index (Phi) is 10.4. The molecule has 0 bridgehead atoms. The number of rotatable bonds is 13. The van der Waals surface area contributed by atoms with Crippen LogP contribution >= 0.6 is 15.9 Å². The molecule has 2 aromatic rings. The highest BCUT2D eigenvalue weighted by molar-refractivity contribution is 9.10. The Hall–Kier alpha value is -1.60. The molecule has 0 spiro atoms. The largest absolute Gasteiger partial charge is 0.490 e. The summed E-state index contributed by atoms with van der Waals surface area (Å²) in [6.07, 6.45) is 1.01. The van der Waals surface area contributed by atoms with Crippen molar-refractivity contribution in [3.8, 4) is 11.5 Å². The zero-order valence-corrected chi connectivity index (χ0v) is 18.3. The summed E-state index contributed by atoms with van der Waals surface area (Å²) in [6.45, 7) is 8.52. The van der Waals surface area contributed by atoms with Crippen LogP contribution < -0.4 is 20.1 Å². The van der Waals surface area contributed by atoms with Crippen molar-refractivity contribution in [2.45, 2.75) is 33.4 Å². The van der Waals surface area contributed by atoms with E-state index in [2.05, 4.69) is 57.8 Å². The first-order valence-corrected chi connectivity index (χ1v) is 10.6. The Morgan fingerprint density at radius 3 is 2.39 bits per heavy atom. The van der Waals surface area contributed by atoms with Crippen molar-refractivity contribution >= 4 is 15.9 Å². The maximum absolute atomic E-state index is 8.75. The molecule has 0 aliphatic carbocycles. The van der Waals surface area contributed by atoms with E-state index in [9.17, 15) is 0 Å². The van der Waals surface area contributed by atoms with Crippen LogP contribution in [0.25, 0.3) is 0 Å². The van der Waals surface area contributed by atoms with E-state index in [4.69, 9.17) is 14.6 Å². The second kappa shape index (κ2) is 12.8. The van der Waals surface area contributed by atoms with Gasteiger partial charge in [0.25, 0.3) is 0 Å². The molecule has 3 N–H and O–H groups in total. The van der Waals surface area contributed by atoms with Crippen LogP contribution in [0, 0.1) is 6.92 Å². The van der Waals surface area contributed by atoms with Crippen molar-refractivity contribution in [1.82, 2.24) is 10.6 Å². The van der Waals surface area contributed by atoms with Gasteiger partial charge in [0.15, 0.2) is 11.5 Å². The van der Waals surface area contributed by atoms with Crippen molar-refractivity contribution in [1.29, 1.82) is 0 Å². The molecule has 0 saturated heterocycles. The molecule has 2 rings (SSSR count). The van der Waals surface area contributed by atoms with Crippen molar-refractivity contribution in [2.24, 2.45) is 0 Å².